The summed E-state index contributed by atoms with van der Waals surface area (Å²) >= 11 is 0. The van der Waals surface area contributed by atoms with E-state index in [4.69, 9.17) is 4.74 Å². The number of hydrogen-bond acceptors (Lipinski definition) is 3. The molecule has 1 aliphatic heterocycles. The Hall–Kier alpha value is -2.82. The summed E-state index contributed by atoms with van der Waals surface area (Å²) in [6.07, 6.45) is 0. The third kappa shape index (κ3) is 3.40. The van der Waals surface area contributed by atoms with Crippen molar-refractivity contribution in [3.63, 3.8) is 0 Å². The molecule has 0 aromatic heterocycles. The number of nitrogens with one attached hydrogen (secondary N) is 1. The maximum atomic E-state index is 12.6. The van der Waals surface area contributed by atoms with Crippen LogP contribution in [0.2, 0.25) is 0 Å². The van der Waals surface area contributed by atoms with Crippen LogP contribution in [0.25, 0.3) is 0 Å². The number of para-hydroxylation sites is 1. The zero-order valence-electron chi connectivity index (χ0n) is 13.6. The van der Waals surface area contributed by atoms with Crippen molar-refractivity contribution >= 4 is 11.8 Å². The quantitative estimate of drug-likeness (QED) is 0.937. The van der Waals surface area contributed by atoms with Gasteiger partial charge in [-0.2, -0.15) is 0 Å². The molecule has 3 rings (SSSR count). The van der Waals surface area contributed by atoms with Gasteiger partial charge in [0.1, 0.15) is 11.8 Å². The standard InChI is InChI=1S/C19H20N2O3/c1-14-7-5-6-10-16(14)24-13-17(22)21-12-11-20-19(23)18(21)15-8-3-2-4-9-15/h2-10,18H,11-13H2,1H3,(H,20,23). The van der Waals surface area contributed by atoms with Crippen LogP contribution >= 0.6 is 0 Å². The first-order chi connectivity index (χ1) is 11.7. The van der Waals surface area contributed by atoms with Gasteiger partial charge in [0.05, 0.1) is 0 Å². The number of carbonyl (C=O) groups excluding carboxylic acids is 2. The van der Waals surface area contributed by atoms with E-state index in [1.165, 1.54) is 0 Å². The van der Waals surface area contributed by atoms with Crippen LogP contribution in [0.5, 0.6) is 5.75 Å². The normalized spacial score (nSPS) is 17.3. The summed E-state index contributed by atoms with van der Waals surface area (Å²) in [5.41, 5.74) is 1.78. The lowest BCUT2D eigenvalue weighted by Gasteiger charge is -2.35. The molecule has 5 nitrogen and oxygen atoms in total. The monoisotopic (exact) mass is 324 g/mol. The second-order valence-corrected chi connectivity index (χ2v) is 5.75. The molecule has 24 heavy (non-hydrogen) atoms. The molecule has 1 aliphatic rings. The highest BCUT2D eigenvalue weighted by Crippen LogP contribution is 2.24. The molecule has 1 heterocycles. The third-order valence-corrected chi connectivity index (χ3v) is 4.09. The van der Waals surface area contributed by atoms with Crippen LogP contribution in [0.1, 0.15) is 17.2 Å². The molecule has 124 valence electrons. The number of piperazine rings is 1. The highest BCUT2D eigenvalue weighted by atomic mass is 16.5. The molecule has 1 atom stereocenters. The molecule has 2 aromatic carbocycles. The molecule has 1 fully saturated rings. The van der Waals surface area contributed by atoms with Gasteiger partial charge in [-0.15, -0.1) is 0 Å². The van der Waals surface area contributed by atoms with Crippen LogP contribution in [0.4, 0.5) is 0 Å². The summed E-state index contributed by atoms with van der Waals surface area (Å²) in [4.78, 5) is 26.5. The molecule has 1 saturated heterocycles. The summed E-state index contributed by atoms with van der Waals surface area (Å²) in [7, 11) is 0. The fourth-order valence-corrected chi connectivity index (χ4v) is 2.84. The number of amides is 2. The van der Waals surface area contributed by atoms with Gasteiger partial charge in [-0.1, -0.05) is 48.5 Å². The molecule has 0 bridgehead atoms. The first kappa shape index (κ1) is 16.1. The van der Waals surface area contributed by atoms with Crippen molar-refractivity contribution < 1.29 is 14.3 Å². The summed E-state index contributed by atoms with van der Waals surface area (Å²) < 4.78 is 5.65. The van der Waals surface area contributed by atoms with Gasteiger partial charge in [-0.25, -0.2) is 0 Å². The lowest BCUT2D eigenvalue weighted by atomic mass is 10.0. The molecular weight excluding hydrogens is 304 g/mol. The molecule has 0 radical (unpaired) electrons. The largest absolute Gasteiger partial charge is 0.484 e. The molecule has 1 N–H and O–H groups in total. The SMILES string of the molecule is Cc1ccccc1OCC(=O)N1CCNC(=O)C1c1ccccc1. The smallest absolute Gasteiger partial charge is 0.261 e. The van der Waals surface area contributed by atoms with E-state index in [-0.39, 0.29) is 18.4 Å². The second kappa shape index (κ2) is 7.17. The minimum atomic E-state index is -0.604. The maximum Gasteiger partial charge on any atom is 0.261 e. The molecule has 5 heteroatoms. The predicted octanol–water partition coefficient (Wildman–Crippen LogP) is 2.07. The van der Waals surface area contributed by atoms with Crippen molar-refractivity contribution in [2.75, 3.05) is 19.7 Å². The van der Waals surface area contributed by atoms with Gasteiger partial charge in [0.2, 0.25) is 5.91 Å². The topological polar surface area (TPSA) is 58.6 Å². The van der Waals surface area contributed by atoms with E-state index in [1.807, 2.05) is 61.5 Å². The highest BCUT2D eigenvalue weighted by Gasteiger charge is 2.34. The van der Waals surface area contributed by atoms with Gasteiger partial charge in [-0.3, -0.25) is 9.59 Å². The van der Waals surface area contributed by atoms with Crippen molar-refractivity contribution in [2.24, 2.45) is 0 Å². The average molecular weight is 324 g/mol. The third-order valence-electron chi connectivity index (χ3n) is 4.09. The Labute approximate surface area is 141 Å². The predicted molar refractivity (Wildman–Crippen MR) is 90.6 cm³/mol. The molecule has 0 aliphatic carbocycles. The molecule has 1 unspecified atom stereocenters. The van der Waals surface area contributed by atoms with E-state index in [9.17, 15) is 9.59 Å². The van der Waals surface area contributed by atoms with Crippen LogP contribution in [0, 0.1) is 6.92 Å². The molecule has 0 saturated carbocycles. The lowest BCUT2D eigenvalue weighted by Crippen LogP contribution is -2.53. The Kier molecular flexibility index (Phi) is 4.79. The van der Waals surface area contributed by atoms with E-state index in [0.717, 1.165) is 11.1 Å². The second-order valence-electron chi connectivity index (χ2n) is 5.75. The fourth-order valence-electron chi connectivity index (χ4n) is 2.84. The Morgan fingerprint density at radius 1 is 1.17 bits per heavy atom. The summed E-state index contributed by atoms with van der Waals surface area (Å²) in [6.45, 7) is 2.78. The van der Waals surface area contributed by atoms with E-state index in [0.29, 0.717) is 18.8 Å². The van der Waals surface area contributed by atoms with Gasteiger partial charge in [0.25, 0.3) is 5.91 Å². The minimum Gasteiger partial charge on any atom is -0.484 e. The van der Waals surface area contributed by atoms with Crippen molar-refractivity contribution in [2.45, 2.75) is 13.0 Å². The summed E-state index contributed by atoms with van der Waals surface area (Å²) in [5.74, 6) is 0.335. The first-order valence-corrected chi connectivity index (χ1v) is 7.97. The summed E-state index contributed by atoms with van der Waals surface area (Å²) in [6, 6.07) is 16.3. The Morgan fingerprint density at radius 3 is 2.62 bits per heavy atom. The fraction of sp³-hybridized carbons (Fsp3) is 0.263. The van der Waals surface area contributed by atoms with Gasteiger partial charge >= 0.3 is 0 Å². The highest BCUT2D eigenvalue weighted by molar-refractivity contribution is 5.90. The first-order valence-electron chi connectivity index (χ1n) is 7.97. The van der Waals surface area contributed by atoms with Crippen LogP contribution in [-0.4, -0.2) is 36.4 Å². The number of rotatable bonds is 4. The zero-order chi connectivity index (χ0) is 16.9. The average Bonchev–Trinajstić information content (AvgIpc) is 2.61. The van der Waals surface area contributed by atoms with Crippen LogP contribution in [0.3, 0.4) is 0 Å². The number of hydrogen-bond donors (Lipinski definition) is 1. The van der Waals surface area contributed by atoms with Gasteiger partial charge in [-0.05, 0) is 24.1 Å². The number of aryl methyl sites for hydroxylation is 1. The Bertz CT molecular complexity index is 730. The zero-order valence-corrected chi connectivity index (χ0v) is 13.6. The van der Waals surface area contributed by atoms with Crippen LogP contribution in [-0.2, 0) is 9.59 Å². The molecule has 0 spiro atoms. The van der Waals surface area contributed by atoms with E-state index in [2.05, 4.69) is 5.32 Å². The van der Waals surface area contributed by atoms with Crippen molar-refractivity contribution in [1.82, 2.24) is 10.2 Å². The Morgan fingerprint density at radius 2 is 1.88 bits per heavy atom. The van der Waals surface area contributed by atoms with Crippen molar-refractivity contribution in [3.8, 4) is 5.75 Å². The van der Waals surface area contributed by atoms with Gasteiger partial charge < -0.3 is 15.0 Å². The molecule has 2 amide bonds. The maximum absolute atomic E-state index is 12.6. The molecule has 2 aromatic rings. The molecular formula is C19H20N2O3. The summed E-state index contributed by atoms with van der Waals surface area (Å²) in [5, 5.41) is 2.82. The van der Waals surface area contributed by atoms with Gasteiger partial charge in [0.15, 0.2) is 6.61 Å². The van der Waals surface area contributed by atoms with Crippen LogP contribution < -0.4 is 10.1 Å². The van der Waals surface area contributed by atoms with Gasteiger partial charge in [0, 0.05) is 13.1 Å². The number of nitrogens with zero attached hydrogens (tertiary/aromatic N) is 1. The number of benzene rings is 2. The number of ether oxygens (including phenoxy) is 1. The number of carbonyl (C=O) groups is 2. The Balaban J connectivity index is 1.74. The van der Waals surface area contributed by atoms with E-state index >= 15 is 0 Å². The minimum absolute atomic E-state index is 0.0819. The van der Waals surface area contributed by atoms with Crippen molar-refractivity contribution in [3.05, 3.63) is 65.7 Å². The van der Waals surface area contributed by atoms with Crippen molar-refractivity contribution in [1.29, 1.82) is 0 Å². The van der Waals surface area contributed by atoms with E-state index < -0.39 is 6.04 Å². The lowest BCUT2D eigenvalue weighted by molar-refractivity contribution is -0.145. The van der Waals surface area contributed by atoms with E-state index in [1.54, 1.807) is 4.90 Å². The van der Waals surface area contributed by atoms with Crippen LogP contribution in [0.15, 0.2) is 54.6 Å².